The molecule has 0 atom stereocenters. The van der Waals surface area contributed by atoms with Crippen LogP contribution in [0.5, 0.6) is 0 Å². The van der Waals surface area contributed by atoms with Crippen LogP contribution < -0.4 is 0 Å². The lowest BCUT2D eigenvalue weighted by Crippen LogP contribution is -2.06. The molecule has 2 nitrogen and oxygen atoms in total. The topological polar surface area (TPSA) is 18.5 Å². The minimum absolute atomic E-state index is 0.657. The summed E-state index contributed by atoms with van der Waals surface area (Å²) in [5, 5.41) is 0. The van der Waals surface area contributed by atoms with Crippen molar-refractivity contribution in [2.45, 2.75) is 26.7 Å². The van der Waals surface area contributed by atoms with Gasteiger partial charge in [0.1, 0.15) is 0 Å². The highest BCUT2D eigenvalue weighted by atomic mass is 17.2. The predicted molar refractivity (Wildman–Crippen MR) is 37.0 cm³/mol. The summed E-state index contributed by atoms with van der Waals surface area (Å²) in [5.41, 5.74) is 0. The van der Waals surface area contributed by atoms with Crippen molar-refractivity contribution in [3.8, 4) is 0 Å². The Morgan fingerprint density at radius 3 is 2.11 bits per heavy atom. The molecule has 0 aliphatic heterocycles. The van der Waals surface area contributed by atoms with Crippen molar-refractivity contribution in [3.63, 3.8) is 0 Å². The van der Waals surface area contributed by atoms with Crippen molar-refractivity contribution in [1.29, 1.82) is 0 Å². The first-order valence-electron chi connectivity index (χ1n) is 3.50. The van der Waals surface area contributed by atoms with Crippen molar-refractivity contribution in [2.24, 2.45) is 5.92 Å². The summed E-state index contributed by atoms with van der Waals surface area (Å²) in [7, 11) is 1.54. The Morgan fingerprint density at radius 2 is 1.78 bits per heavy atom. The van der Waals surface area contributed by atoms with Gasteiger partial charge in [-0.05, 0) is 5.92 Å². The maximum atomic E-state index is 4.78. The Kier molecular flexibility index (Phi) is 5.99. The van der Waals surface area contributed by atoms with Gasteiger partial charge in [-0.3, -0.25) is 0 Å². The Morgan fingerprint density at radius 1 is 1.22 bits per heavy atom. The van der Waals surface area contributed by atoms with E-state index in [4.69, 9.17) is 4.89 Å². The number of rotatable bonds is 5. The molecule has 0 unspecified atom stereocenters. The molecule has 0 aromatic heterocycles. The fourth-order valence-corrected chi connectivity index (χ4v) is 0.689. The van der Waals surface area contributed by atoms with Gasteiger partial charge in [-0.2, -0.15) is 0 Å². The van der Waals surface area contributed by atoms with Gasteiger partial charge in [0.25, 0.3) is 0 Å². The van der Waals surface area contributed by atoms with Crippen molar-refractivity contribution < 1.29 is 9.78 Å². The molecule has 0 amide bonds. The highest BCUT2D eigenvalue weighted by Gasteiger charge is 2.01. The second kappa shape index (κ2) is 6.05. The average Bonchev–Trinajstić information content (AvgIpc) is 1.91. The molecule has 0 aliphatic rings. The van der Waals surface area contributed by atoms with E-state index in [1.165, 1.54) is 12.8 Å². The van der Waals surface area contributed by atoms with Crippen LogP contribution in [0.4, 0.5) is 0 Å². The van der Waals surface area contributed by atoms with E-state index in [-0.39, 0.29) is 0 Å². The summed E-state index contributed by atoms with van der Waals surface area (Å²) in [4.78, 5) is 9.25. The van der Waals surface area contributed by atoms with E-state index in [1.54, 1.807) is 7.11 Å². The largest absolute Gasteiger partial charge is 0.240 e. The van der Waals surface area contributed by atoms with Crippen molar-refractivity contribution in [1.82, 2.24) is 0 Å². The quantitative estimate of drug-likeness (QED) is 0.421. The molecule has 0 aliphatic carbocycles. The monoisotopic (exact) mass is 132 g/mol. The standard InChI is InChI=1S/C7H16O2/c1-4-7(5-2)6-9-8-3/h7H,4-6H2,1-3H3. The summed E-state index contributed by atoms with van der Waals surface area (Å²) in [6.45, 7) is 5.05. The van der Waals surface area contributed by atoms with Gasteiger partial charge in [-0.25, -0.2) is 9.78 Å². The van der Waals surface area contributed by atoms with Crippen LogP contribution in [0, 0.1) is 5.92 Å². The van der Waals surface area contributed by atoms with Gasteiger partial charge in [0.15, 0.2) is 0 Å². The molecule has 0 aromatic rings. The van der Waals surface area contributed by atoms with E-state index >= 15 is 0 Å². The SMILES string of the molecule is CCC(CC)COOC. The van der Waals surface area contributed by atoms with Crippen LogP contribution in [-0.4, -0.2) is 13.7 Å². The minimum atomic E-state index is 0.657. The van der Waals surface area contributed by atoms with Crippen molar-refractivity contribution in [3.05, 3.63) is 0 Å². The summed E-state index contributed by atoms with van der Waals surface area (Å²) in [6.07, 6.45) is 2.33. The Balaban J connectivity index is 3.09. The van der Waals surface area contributed by atoms with Gasteiger partial charge in [-0.15, -0.1) is 0 Å². The molecular weight excluding hydrogens is 116 g/mol. The molecule has 9 heavy (non-hydrogen) atoms. The second-order valence-electron chi connectivity index (χ2n) is 2.13. The van der Waals surface area contributed by atoms with E-state index < -0.39 is 0 Å². The van der Waals surface area contributed by atoms with Crippen LogP contribution in [0.2, 0.25) is 0 Å². The van der Waals surface area contributed by atoms with Crippen LogP contribution in [0.15, 0.2) is 0 Å². The molecule has 0 radical (unpaired) electrons. The van der Waals surface area contributed by atoms with Crippen LogP contribution >= 0.6 is 0 Å². The third-order valence-electron chi connectivity index (χ3n) is 1.58. The molecule has 0 rings (SSSR count). The van der Waals surface area contributed by atoms with Crippen molar-refractivity contribution in [2.75, 3.05) is 13.7 Å². The fourth-order valence-electron chi connectivity index (χ4n) is 0.689. The molecule has 56 valence electrons. The van der Waals surface area contributed by atoms with E-state index in [9.17, 15) is 0 Å². The summed E-state index contributed by atoms with van der Waals surface area (Å²) < 4.78 is 0. The predicted octanol–water partition coefficient (Wildman–Crippen LogP) is 2.00. The Hall–Kier alpha value is -0.0800. The van der Waals surface area contributed by atoms with Crippen LogP contribution in [0.1, 0.15) is 26.7 Å². The van der Waals surface area contributed by atoms with E-state index in [0.29, 0.717) is 5.92 Å². The van der Waals surface area contributed by atoms with Crippen LogP contribution in [-0.2, 0) is 9.78 Å². The van der Waals surface area contributed by atoms with Gasteiger partial charge >= 0.3 is 0 Å². The molecule has 2 heteroatoms. The molecule has 0 N–H and O–H groups in total. The maximum Gasteiger partial charge on any atom is 0.0850 e. The lowest BCUT2D eigenvalue weighted by Gasteiger charge is -2.09. The minimum Gasteiger partial charge on any atom is -0.240 e. The maximum absolute atomic E-state index is 4.78. The highest BCUT2D eigenvalue weighted by Crippen LogP contribution is 2.06. The Bertz CT molecular complexity index is 50.9. The lowest BCUT2D eigenvalue weighted by molar-refractivity contribution is -0.280. The zero-order valence-electron chi connectivity index (χ0n) is 6.52. The molecule has 0 spiro atoms. The average molecular weight is 132 g/mol. The van der Waals surface area contributed by atoms with E-state index in [1.807, 2.05) is 0 Å². The summed E-state index contributed by atoms with van der Waals surface area (Å²) >= 11 is 0. The molecule has 0 aromatic carbocycles. The third kappa shape index (κ3) is 4.43. The third-order valence-corrected chi connectivity index (χ3v) is 1.58. The van der Waals surface area contributed by atoms with E-state index in [2.05, 4.69) is 18.7 Å². The summed E-state index contributed by atoms with van der Waals surface area (Å²) in [6, 6.07) is 0. The van der Waals surface area contributed by atoms with Crippen molar-refractivity contribution >= 4 is 0 Å². The summed E-state index contributed by atoms with van der Waals surface area (Å²) in [5.74, 6) is 0.657. The van der Waals surface area contributed by atoms with Crippen LogP contribution in [0.3, 0.4) is 0 Å². The lowest BCUT2D eigenvalue weighted by atomic mass is 10.1. The van der Waals surface area contributed by atoms with Gasteiger partial charge in [0.05, 0.1) is 13.7 Å². The van der Waals surface area contributed by atoms with Gasteiger partial charge in [0.2, 0.25) is 0 Å². The zero-order chi connectivity index (χ0) is 7.11. The van der Waals surface area contributed by atoms with Gasteiger partial charge in [0, 0.05) is 0 Å². The molecule has 0 heterocycles. The molecular formula is C7H16O2. The molecule has 0 saturated heterocycles. The number of hydrogen-bond acceptors (Lipinski definition) is 2. The van der Waals surface area contributed by atoms with Crippen LogP contribution in [0.25, 0.3) is 0 Å². The molecule has 0 fully saturated rings. The Labute approximate surface area is 57.1 Å². The first-order valence-corrected chi connectivity index (χ1v) is 3.50. The molecule has 0 bridgehead atoms. The second-order valence-corrected chi connectivity index (χ2v) is 2.13. The highest BCUT2D eigenvalue weighted by molar-refractivity contribution is 4.49. The normalized spacial score (nSPS) is 10.7. The zero-order valence-corrected chi connectivity index (χ0v) is 6.52. The first-order chi connectivity index (χ1) is 4.35. The number of hydrogen-bond donors (Lipinski definition) is 0. The first kappa shape index (κ1) is 8.92. The fraction of sp³-hybridized carbons (Fsp3) is 1.00. The van der Waals surface area contributed by atoms with Gasteiger partial charge < -0.3 is 0 Å². The van der Waals surface area contributed by atoms with Gasteiger partial charge in [-0.1, -0.05) is 26.7 Å². The smallest absolute Gasteiger partial charge is 0.0850 e. The molecule has 0 saturated carbocycles. The van der Waals surface area contributed by atoms with E-state index in [0.717, 1.165) is 6.61 Å².